The second-order valence-corrected chi connectivity index (χ2v) is 7.92. The van der Waals surface area contributed by atoms with Crippen LogP contribution in [0.1, 0.15) is 25.0 Å². The fraction of sp³-hybridized carbons (Fsp3) is 0.348. The standard InChI is InChI=1S/C23H25NO4/c1-23(2)11-16-12-24(21(25)14-27-17-7-5-4-6-8-17)13-18-19(26-3)9-10-20(22(16)18)28-15-23/h4-11H,12-15H2,1-3H3. The van der Waals surface area contributed by atoms with Gasteiger partial charge in [0, 0.05) is 23.1 Å². The highest BCUT2D eigenvalue weighted by molar-refractivity contribution is 5.85. The molecule has 0 radical (unpaired) electrons. The molecule has 4 rings (SSSR count). The molecule has 1 amide bonds. The fourth-order valence-corrected chi connectivity index (χ4v) is 3.78. The first-order valence-electron chi connectivity index (χ1n) is 9.47. The molecule has 0 bridgehead atoms. The number of rotatable bonds is 4. The van der Waals surface area contributed by atoms with Crippen LogP contribution >= 0.6 is 0 Å². The maximum atomic E-state index is 12.9. The van der Waals surface area contributed by atoms with Gasteiger partial charge in [0.15, 0.2) is 6.61 Å². The predicted molar refractivity (Wildman–Crippen MR) is 108 cm³/mol. The van der Waals surface area contributed by atoms with E-state index in [-0.39, 0.29) is 17.9 Å². The highest BCUT2D eigenvalue weighted by atomic mass is 16.5. The van der Waals surface area contributed by atoms with E-state index in [0.29, 0.717) is 25.4 Å². The molecular weight excluding hydrogens is 354 g/mol. The normalized spacial score (nSPS) is 17.0. The summed E-state index contributed by atoms with van der Waals surface area (Å²) in [6.45, 7) is 5.90. The van der Waals surface area contributed by atoms with Crippen molar-refractivity contribution < 1.29 is 19.0 Å². The van der Waals surface area contributed by atoms with Crippen LogP contribution in [0, 0.1) is 5.41 Å². The Labute approximate surface area is 165 Å². The SMILES string of the molecule is COc1ccc2c3c1CN(C(=O)COc1ccccc1)CC3=CC(C)(C)CO2. The van der Waals surface area contributed by atoms with Gasteiger partial charge in [-0.05, 0) is 29.8 Å². The van der Waals surface area contributed by atoms with Crippen molar-refractivity contribution in [3.05, 3.63) is 59.7 Å². The van der Waals surface area contributed by atoms with Crippen molar-refractivity contribution in [2.24, 2.45) is 5.41 Å². The molecule has 2 aliphatic heterocycles. The molecule has 2 aromatic rings. The molecule has 0 saturated carbocycles. The van der Waals surface area contributed by atoms with Crippen LogP contribution in [0.25, 0.3) is 5.57 Å². The van der Waals surface area contributed by atoms with E-state index in [2.05, 4.69) is 19.9 Å². The molecule has 0 N–H and O–H groups in total. The number of carbonyl (C=O) groups excluding carboxylic acids is 1. The zero-order valence-electron chi connectivity index (χ0n) is 16.5. The van der Waals surface area contributed by atoms with Crippen LogP contribution in [0.2, 0.25) is 0 Å². The smallest absolute Gasteiger partial charge is 0.261 e. The Morgan fingerprint density at radius 1 is 1.14 bits per heavy atom. The number of amides is 1. The molecule has 0 atom stereocenters. The average Bonchev–Trinajstić information content (AvgIpc) is 2.83. The van der Waals surface area contributed by atoms with E-state index >= 15 is 0 Å². The molecule has 0 aromatic heterocycles. The Morgan fingerprint density at radius 2 is 1.93 bits per heavy atom. The van der Waals surface area contributed by atoms with Gasteiger partial charge in [0.05, 0.1) is 20.3 Å². The first-order chi connectivity index (χ1) is 13.5. The van der Waals surface area contributed by atoms with Crippen LogP contribution in [0.3, 0.4) is 0 Å². The zero-order chi connectivity index (χ0) is 19.7. The summed E-state index contributed by atoms with van der Waals surface area (Å²) in [5.41, 5.74) is 3.04. The van der Waals surface area contributed by atoms with Crippen LogP contribution in [0.15, 0.2) is 48.5 Å². The second kappa shape index (κ2) is 7.23. The summed E-state index contributed by atoms with van der Waals surface area (Å²) >= 11 is 0. The van der Waals surface area contributed by atoms with E-state index < -0.39 is 0 Å². The van der Waals surface area contributed by atoms with Gasteiger partial charge in [-0.25, -0.2) is 0 Å². The highest BCUT2D eigenvalue weighted by Gasteiger charge is 2.33. The molecule has 0 saturated heterocycles. The molecule has 0 fully saturated rings. The Bertz CT molecular complexity index is 918. The average molecular weight is 379 g/mol. The van der Waals surface area contributed by atoms with Gasteiger partial charge in [-0.3, -0.25) is 4.79 Å². The minimum Gasteiger partial charge on any atom is -0.496 e. The van der Waals surface area contributed by atoms with Crippen molar-refractivity contribution >= 4 is 11.5 Å². The topological polar surface area (TPSA) is 48.0 Å². The lowest BCUT2D eigenvalue weighted by Gasteiger charge is -2.32. The highest BCUT2D eigenvalue weighted by Crippen LogP contribution is 2.43. The van der Waals surface area contributed by atoms with Crippen LogP contribution in [-0.4, -0.2) is 37.7 Å². The summed E-state index contributed by atoms with van der Waals surface area (Å²) in [5.74, 6) is 2.27. The van der Waals surface area contributed by atoms with Gasteiger partial charge >= 0.3 is 0 Å². The van der Waals surface area contributed by atoms with Gasteiger partial charge in [-0.1, -0.05) is 38.1 Å². The van der Waals surface area contributed by atoms with Gasteiger partial charge in [0.1, 0.15) is 17.2 Å². The summed E-state index contributed by atoms with van der Waals surface area (Å²) in [7, 11) is 1.66. The van der Waals surface area contributed by atoms with Crippen molar-refractivity contribution in [2.45, 2.75) is 20.4 Å². The number of methoxy groups -OCH3 is 1. The summed E-state index contributed by atoms with van der Waals surface area (Å²) in [6.07, 6.45) is 2.22. The third kappa shape index (κ3) is 3.57. The summed E-state index contributed by atoms with van der Waals surface area (Å²) < 4.78 is 17.3. The van der Waals surface area contributed by atoms with Gasteiger partial charge in [0.2, 0.25) is 0 Å². The van der Waals surface area contributed by atoms with Gasteiger partial charge in [-0.2, -0.15) is 0 Å². The van der Waals surface area contributed by atoms with E-state index in [1.807, 2.05) is 47.4 Å². The van der Waals surface area contributed by atoms with Gasteiger partial charge in [-0.15, -0.1) is 0 Å². The maximum absolute atomic E-state index is 12.9. The third-order valence-electron chi connectivity index (χ3n) is 5.11. The van der Waals surface area contributed by atoms with Crippen molar-refractivity contribution in [3.63, 3.8) is 0 Å². The van der Waals surface area contributed by atoms with Crippen LogP contribution < -0.4 is 14.2 Å². The molecule has 2 aliphatic rings. The van der Waals surface area contributed by atoms with Crippen molar-refractivity contribution in [2.75, 3.05) is 26.9 Å². The lowest BCUT2D eigenvalue weighted by Crippen LogP contribution is -2.38. The van der Waals surface area contributed by atoms with Crippen LogP contribution in [0.5, 0.6) is 17.2 Å². The summed E-state index contributed by atoms with van der Waals surface area (Å²) in [4.78, 5) is 14.7. The predicted octanol–water partition coefficient (Wildman–Crippen LogP) is 3.92. The minimum atomic E-state index is -0.120. The molecule has 2 aromatic carbocycles. The lowest BCUT2D eigenvalue weighted by atomic mass is 9.87. The lowest BCUT2D eigenvalue weighted by molar-refractivity contribution is -0.133. The summed E-state index contributed by atoms with van der Waals surface area (Å²) in [6, 6.07) is 13.3. The molecule has 28 heavy (non-hydrogen) atoms. The Balaban J connectivity index is 1.64. The minimum absolute atomic E-state index is 0.00846. The van der Waals surface area contributed by atoms with E-state index in [1.54, 1.807) is 7.11 Å². The molecule has 0 aliphatic carbocycles. The molecule has 5 heteroatoms. The number of carbonyl (C=O) groups is 1. The third-order valence-corrected chi connectivity index (χ3v) is 5.11. The molecule has 5 nitrogen and oxygen atoms in total. The van der Waals surface area contributed by atoms with E-state index in [0.717, 1.165) is 28.2 Å². The van der Waals surface area contributed by atoms with Crippen molar-refractivity contribution in [1.29, 1.82) is 0 Å². The van der Waals surface area contributed by atoms with E-state index in [1.165, 1.54) is 0 Å². The summed E-state index contributed by atoms with van der Waals surface area (Å²) in [5, 5.41) is 0. The first kappa shape index (κ1) is 18.4. The molecular formula is C23H25NO4. The number of hydrogen-bond acceptors (Lipinski definition) is 4. The monoisotopic (exact) mass is 379 g/mol. The Kier molecular flexibility index (Phi) is 4.75. The maximum Gasteiger partial charge on any atom is 0.261 e. The largest absolute Gasteiger partial charge is 0.496 e. The number of hydrogen-bond donors (Lipinski definition) is 0. The van der Waals surface area contributed by atoms with Crippen LogP contribution in [0.4, 0.5) is 0 Å². The van der Waals surface area contributed by atoms with Crippen LogP contribution in [-0.2, 0) is 11.3 Å². The molecule has 0 spiro atoms. The van der Waals surface area contributed by atoms with E-state index in [4.69, 9.17) is 14.2 Å². The number of nitrogens with zero attached hydrogens (tertiary/aromatic N) is 1. The van der Waals surface area contributed by atoms with Crippen molar-refractivity contribution in [3.8, 4) is 17.2 Å². The fourth-order valence-electron chi connectivity index (χ4n) is 3.78. The number of benzene rings is 2. The second-order valence-electron chi connectivity index (χ2n) is 7.92. The number of para-hydroxylation sites is 1. The number of ether oxygens (including phenoxy) is 3. The van der Waals surface area contributed by atoms with E-state index in [9.17, 15) is 4.79 Å². The van der Waals surface area contributed by atoms with Gasteiger partial charge < -0.3 is 19.1 Å². The van der Waals surface area contributed by atoms with Gasteiger partial charge in [0.25, 0.3) is 5.91 Å². The van der Waals surface area contributed by atoms with Crippen molar-refractivity contribution in [1.82, 2.24) is 4.90 Å². The molecule has 0 unspecified atom stereocenters. The Hall–Kier alpha value is -2.95. The molecule has 146 valence electrons. The zero-order valence-corrected chi connectivity index (χ0v) is 16.5. The quantitative estimate of drug-likeness (QED) is 0.808. The molecule has 2 heterocycles. The Morgan fingerprint density at radius 3 is 2.68 bits per heavy atom. The first-order valence-corrected chi connectivity index (χ1v) is 9.47.